The van der Waals surface area contributed by atoms with E-state index in [4.69, 9.17) is 0 Å². The minimum Gasteiger partial charge on any atom is -0.509 e. The van der Waals surface area contributed by atoms with E-state index >= 15 is 0 Å². The number of hydrogen-bond donors (Lipinski definition) is 1. The topological polar surface area (TPSA) is 20.2 Å². The van der Waals surface area contributed by atoms with Gasteiger partial charge in [0.2, 0.25) is 0 Å². The van der Waals surface area contributed by atoms with Crippen molar-refractivity contribution in [1.29, 1.82) is 0 Å². The Morgan fingerprint density at radius 3 is 1.56 bits per heavy atom. The molecule has 0 bridgehead atoms. The quantitative estimate of drug-likeness (QED) is 0.201. The summed E-state index contributed by atoms with van der Waals surface area (Å²) in [5.41, 5.74) is 9.08. The lowest BCUT2D eigenvalue weighted by Crippen LogP contribution is -2.44. The zero-order valence-corrected chi connectivity index (χ0v) is 24.9. The van der Waals surface area contributed by atoms with Gasteiger partial charge in [-0.05, 0) is 93.7 Å². The van der Waals surface area contributed by atoms with Crippen LogP contribution in [0.4, 0.5) is 0 Å². The SMILES string of the molecule is Bc1c(B)c(O)c(B)c(-c2c3ccccc3c(-c3cccc4c3ccc3cc5ccccc5cc34)c3ccccc23)c1B. The Balaban J connectivity index is 1.53. The zero-order chi connectivity index (χ0) is 29.4. The van der Waals surface area contributed by atoms with E-state index in [9.17, 15) is 5.11 Å². The maximum atomic E-state index is 11.2. The molecule has 0 heterocycles. The maximum absolute atomic E-state index is 11.2. The summed E-state index contributed by atoms with van der Waals surface area (Å²) in [6.07, 6.45) is 0. The van der Waals surface area contributed by atoms with Crippen molar-refractivity contribution in [1.82, 2.24) is 0 Å². The van der Waals surface area contributed by atoms with Gasteiger partial charge in [0.05, 0.1) is 0 Å². The number of phenolic OH excluding ortho intramolecular Hbond substituents is 1. The molecule has 0 atom stereocenters. The maximum Gasteiger partial charge on any atom is 0.144 e. The molecule has 0 aliphatic rings. The monoisotopic (exact) mass is 544 g/mol. The fraction of sp³-hybridized carbons (Fsp3) is 0. The summed E-state index contributed by atoms with van der Waals surface area (Å²) in [6.45, 7) is 0. The van der Waals surface area contributed by atoms with Crippen LogP contribution < -0.4 is 21.9 Å². The predicted octanol–water partition coefficient (Wildman–Crippen LogP) is 3.53. The zero-order valence-electron chi connectivity index (χ0n) is 24.9. The number of aromatic hydroxyl groups is 1. The third-order valence-corrected chi connectivity index (χ3v) is 9.78. The standard InChI is InChI=1S/C38H28B4O/c39-34-33(35(40)38(43)37(42)36(34)41)32-28-12-5-3-10-26(28)31(27-11-4-6-13-29(27)32)25-15-7-14-23-24(25)17-16-22-18-20-8-1-2-9-21(20)19-30(22)23/h1-19,43H,39-42H2. The molecule has 5 heteroatoms. The van der Waals surface area contributed by atoms with Gasteiger partial charge in [-0.15, -0.1) is 0 Å². The largest absolute Gasteiger partial charge is 0.509 e. The molecule has 0 saturated carbocycles. The minimum atomic E-state index is 0.392. The highest BCUT2D eigenvalue weighted by Gasteiger charge is 2.22. The van der Waals surface area contributed by atoms with Crippen molar-refractivity contribution >= 4 is 107 Å². The summed E-state index contributed by atoms with van der Waals surface area (Å²) in [5.74, 6) is 0.392. The van der Waals surface area contributed by atoms with Gasteiger partial charge in [0.15, 0.2) is 0 Å². The molecule has 0 aromatic heterocycles. The molecule has 43 heavy (non-hydrogen) atoms. The Hall–Kier alpha value is -4.88. The first kappa shape index (κ1) is 25.8. The molecule has 8 aromatic carbocycles. The number of fused-ring (bicyclic) bond motifs is 6. The molecule has 1 N–H and O–H groups in total. The predicted molar refractivity (Wildman–Crippen MR) is 199 cm³/mol. The molecule has 0 aliphatic carbocycles. The van der Waals surface area contributed by atoms with E-state index in [1.54, 1.807) is 0 Å². The highest BCUT2D eigenvalue weighted by atomic mass is 16.3. The van der Waals surface area contributed by atoms with Crippen LogP contribution in [-0.4, -0.2) is 36.5 Å². The molecular formula is C38H28B4O. The number of phenols is 1. The van der Waals surface area contributed by atoms with E-state index in [0.717, 1.165) is 22.0 Å². The van der Waals surface area contributed by atoms with Crippen LogP contribution in [-0.2, 0) is 0 Å². The molecule has 8 rings (SSSR count). The fourth-order valence-corrected chi connectivity index (χ4v) is 7.39. The Labute approximate surface area is 254 Å². The van der Waals surface area contributed by atoms with Crippen molar-refractivity contribution < 1.29 is 5.11 Å². The molecule has 0 amide bonds. The molecule has 1 nitrogen and oxygen atoms in total. The van der Waals surface area contributed by atoms with Crippen LogP contribution in [0.2, 0.25) is 0 Å². The number of rotatable bonds is 2. The minimum absolute atomic E-state index is 0.392. The first-order chi connectivity index (χ1) is 20.9. The van der Waals surface area contributed by atoms with Gasteiger partial charge in [-0.25, -0.2) is 0 Å². The summed E-state index contributed by atoms with van der Waals surface area (Å²) in [4.78, 5) is 0. The highest BCUT2D eigenvalue weighted by molar-refractivity contribution is 6.63. The van der Waals surface area contributed by atoms with Crippen molar-refractivity contribution in [3.63, 3.8) is 0 Å². The van der Waals surface area contributed by atoms with Crippen LogP contribution in [0.1, 0.15) is 0 Å². The van der Waals surface area contributed by atoms with Crippen LogP contribution >= 0.6 is 0 Å². The lowest BCUT2D eigenvalue weighted by atomic mass is 9.64. The highest BCUT2D eigenvalue weighted by Crippen LogP contribution is 2.45. The van der Waals surface area contributed by atoms with E-state index in [0.29, 0.717) is 5.75 Å². The molecule has 0 radical (unpaired) electrons. The lowest BCUT2D eigenvalue weighted by molar-refractivity contribution is 0.484. The average molecular weight is 544 g/mol. The first-order valence-corrected chi connectivity index (χ1v) is 15.0. The third-order valence-electron chi connectivity index (χ3n) is 9.78. The fourth-order valence-electron chi connectivity index (χ4n) is 7.39. The molecule has 198 valence electrons. The van der Waals surface area contributed by atoms with Gasteiger partial charge in [0.1, 0.15) is 37.1 Å². The smallest absolute Gasteiger partial charge is 0.144 e. The van der Waals surface area contributed by atoms with Gasteiger partial charge in [-0.2, -0.15) is 0 Å². The van der Waals surface area contributed by atoms with Gasteiger partial charge in [0.25, 0.3) is 0 Å². The number of benzene rings is 8. The third kappa shape index (κ3) is 3.71. The lowest BCUT2D eigenvalue weighted by Gasteiger charge is -2.24. The van der Waals surface area contributed by atoms with Crippen molar-refractivity contribution in [2.45, 2.75) is 0 Å². The average Bonchev–Trinajstić information content (AvgIpc) is 3.05. The molecule has 0 aliphatic heterocycles. The van der Waals surface area contributed by atoms with Gasteiger partial charge < -0.3 is 5.11 Å². The van der Waals surface area contributed by atoms with Gasteiger partial charge in [-0.3, -0.25) is 0 Å². The molecule has 0 unspecified atom stereocenters. The van der Waals surface area contributed by atoms with E-state index in [2.05, 4.69) is 139 Å². The van der Waals surface area contributed by atoms with E-state index in [1.807, 2.05) is 7.85 Å². The summed E-state index contributed by atoms with van der Waals surface area (Å²) in [7, 11) is 8.39. The molecule has 8 aromatic rings. The molecule has 0 saturated heterocycles. The number of hydrogen-bond acceptors (Lipinski definition) is 1. The second-order valence-corrected chi connectivity index (χ2v) is 12.0. The molecule has 0 fully saturated rings. The Morgan fingerprint density at radius 2 is 0.907 bits per heavy atom. The summed E-state index contributed by atoms with van der Waals surface area (Å²) >= 11 is 0. The van der Waals surface area contributed by atoms with Gasteiger partial charge in [0, 0.05) is 0 Å². The van der Waals surface area contributed by atoms with Gasteiger partial charge in [-0.1, -0.05) is 120 Å². The summed E-state index contributed by atoms with van der Waals surface area (Å²) in [5, 5.41) is 23.6. The van der Waals surface area contributed by atoms with Crippen molar-refractivity contribution in [2.75, 3.05) is 0 Å². The van der Waals surface area contributed by atoms with E-state index in [-0.39, 0.29) is 0 Å². The summed E-state index contributed by atoms with van der Waals surface area (Å²) in [6, 6.07) is 42.2. The normalized spacial score (nSPS) is 11.7. The molecular weight excluding hydrogens is 516 g/mol. The first-order valence-electron chi connectivity index (χ1n) is 15.0. The van der Waals surface area contributed by atoms with Crippen molar-refractivity contribution in [2.24, 2.45) is 0 Å². The van der Waals surface area contributed by atoms with Crippen molar-refractivity contribution in [3.8, 4) is 28.0 Å². The second-order valence-electron chi connectivity index (χ2n) is 12.0. The summed E-state index contributed by atoms with van der Waals surface area (Å²) < 4.78 is 0. The van der Waals surface area contributed by atoms with E-state index < -0.39 is 0 Å². The van der Waals surface area contributed by atoms with Crippen LogP contribution in [0.25, 0.3) is 76.1 Å². The Kier molecular flexibility index (Phi) is 5.74. The van der Waals surface area contributed by atoms with Crippen molar-refractivity contribution in [3.05, 3.63) is 115 Å². The second kappa shape index (κ2) is 9.57. The Bertz CT molecular complexity index is 2380. The van der Waals surface area contributed by atoms with Crippen LogP contribution in [0.3, 0.4) is 0 Å². The molecule has 0 spiro atoms. The Morgan fingerprint density at radius 1 is 0.349 bits per heavy atom. The van der Waals surface area contributed by atoms with Gasteiger partial charge >= 0.3 is 0 Å². The van der Waals surface area contributed by atoms with Crippen LogP contribution in [0.15, 0.2) is 115 Å². The van der Waals surface area contributed by atoms with E-state index in [1.165, 1.54) is 76.0 Å². The van der Waals surface area contributed by atoms with Crippen LogP contribution in [0.5, 0.6) is 5.75 Å². The van der Waals surface area contributed by atoms with Crippen LogP contribution in [0, 0.1) is 0 Å².